The average Bonchev–Trinajstić information content (AvgIpc) is 2.98. The van der Waals surface area contributed by atoms with Crippen molar-refractivity contribution in [2.75, 3.05) is 18.4 Å². The highest BCUT2D eigenvalue weighted by molar-refractivity contribution is 5.87. The predicted molar refractivity (Wildman–Crippen MR) is 86.6 cm³/mol. The van der Waals surface area contributed by atoms with Crippen LogP contribution in [0, 0.1) is 24.2 Å². The van der Waals surface area contributed by atoms with E-state index in [9.17, 15) is 4.79 Å². The Balaban J connectivity index is 1.81. The highest BCUT2D eigenvalue weighted by atomic mass is 16.2. The van der Waals surface area contributed by atoms with Crippen molar-refractivity contribution >= 4 is 22.8 Å². The van der Waals surface area contributed by atoms with Gasteiger partial charge in [0.05, 0.1) is 11.5 Å². The number of nitriles is 1. The van der Waals surface area contributed by atoms with E-state index < -0.39 is 0 Å². The van der Waals surface area contributed by atoms with Gasteiger partial charge in [0, 0.05) is 25.3 Å². The number of nitrogens with zero attached hydrogens (tertiary/aromatic N) is 4. The van der Waals surface area contributed by atoms with E-state index in [2.05, 4.69) is 27.2 Å². The summed E-state index contributed by atoms with van der Waals surface area (Å²) in [5.74, 6) is 1.81. The molecule has 0 spiro atoms. The van der Waals surface area contributed by atoms with Crippen molar-refractivity contribution in [3.63, 3.8) is 0 Å². The van der Waals surface area contributed by atoms with Crippen molar-refractivity contribution < 1.29 is 4.79 Å². The Morgan fingerprint density at radius 1 is 1.57 bits per heavy atom. The number of carbonyl (C=O) groups excluding carboxylic acids is 1. The number of fused-ring (bicyclic) bond motifs is 1. The molecule has 2 atom stereocenters. The molecule has 1 aliphatic heterocycles. The number of hydrogen-bond acceptors (Lipinski definition) is 5. The molecule has 0 radical (unpaired) electrons. The van der Waals surface area contributed by atoms with Crippen molar-refractivity contribution in [1.82, 2.24) is 19.9 Å². The van der Waals surface area contributed by atoms with Gasteiger partial charge in [-0.05, 0) is 25.3 Å². The van der Waals surface area contributed by atoms with Gasteiger partial charge in [-0.1, -0.05) is 6.92 Å². The van der Waals surface area contributed by atoms with Crippen LogP contribution in [0.1, 0.15) is 25.6 Å². The van der Waals surface area contributed by atoms with Gasteiger partial charge in [-0.3, -0.25) is 4.79 Å². The van der Waals surface area contributed by atoms with Gasteiger partial charge in [-0.25, -0.2) is 9.97 Å². The summed E-state index contributed by atoms with van der Waals surface area (Å²) < 4.78 is 0. The number of aromatic nitrogens is 3. The van der Waals surface area contributed by atoms with Gasteiger partial charge in [0.15, 0.2) is 0 Å². The third kappa shape index (κ3) is 3.11. The lowest BCUT2D eigenvalue weighted by atomic mass is 9.93. The van der Waals surface area contributed by atoms with Crippen LogP contribution in [0.4, 0.5) is 5.82 Å². The first-order chi connectivity index (χ1) is 11.1. The Bertz CT molecular complexity index is 762. The van der Waals surface area contributed by atoms with Crippen LogP contribution in [0.25, 0.3) is 11.0 Å². The first-order valence-electron chi connectivity index (χ1n) is 7.81. The van der Waals surface area contributed by atoms with Crippen LogP contribution in [0.15, 0.2) is 12.3 Å². The van der Waals surface area contributed by atoms with E-state index >= 15 is 0 Å². The molecule has 1 fully saturated rings. The molecule has 1 aliphatic rings. The SMILES string of the molecule is Cc1nc(N[C@H]2CN(C(=O)CC#N)CC[C@H]2C)c2cc[nH]c2n1. The summed E-state index contributed by atoms with van der Waals surface area (Å²) in [6.07, 6.45) is 2.70. The molecule has 0 aromatic carbocycles. The van der Waals surface area contributed by atoms with Gasteiger partial charge in [0.25, 0.3) is 0 Å². The summed E-state index contributed by atoms with van der Waals surface area (Å²) >= 11 is 0. The molecule has 0 bridgehead atoms. The molecule has 0 unspecified atom stereocenters. The number of hydrogen-bond donors (Lipinski definition) is 2. The van der Waals surface area contributed by atoms with Gasteiger partial charge < -0.3 is 15.2 Å². The first kappa shape index (κ1) is 15.3. The lowest BCUT2D eigenvalue weighted by Gasteiger charge is -2.37. The predicted octanol–water partition coefficient (Wildman–Crippen LogP) is 1.83. The van der Waals surface area contributed by atoms with E-state index in [1.165, 1.54) is 0 Å². The van der Waals surface area contributed by atoms with Crippen LogP contribution in [0.2, 0.25) is 0 Å². The number of rotatable bonds is 3. The summed E-state index contributed by atoms with van der Waals surface area (Å²) in [4.78, 5) is 25.7. The summed E-state index contributed by atoms with van der Waals surface area (Å²) in [6.45, 7) is 5.34. The highest BCUT2D eigenvalue weighted by Crippen LogP contribution is 2.25. The first-order valence-corrected chi connectivity index (χ1v) is 7.81. The van der Waals surface area contributed by atoms with E-state index in [1.54, 1.807) is 4.90 Å². The maximum absolute atomic E-state index is 12.0. The Kier molecular flexibility index (Phi) is 4.15. The molecule has 1 amide bonds. The third-order valence-corrected chi connectivity index (χ3v) is 4.39. The van der Waals surface area contributed by atoms with Crippen LogP contribution < -0.4 is 5.32 Å². The quantitative estimate of drug-likeness (QED) is 0.901. The molecule has 0 aliphatic carbocycles. The number of piperidine rings is 1. The third-order valence-electron chi connectivity index (χ3n) is 4.39. The van der Waals surface area contributed by atoms with Gasteiger partial charge >= 0.3 is 0 Å². The maximum atomic E-state index is 12.0. The van der Waals surface area contributed by atoms with Crippen LogP contribution >= 0.6 is 0 Å². The van der Waals surface area contributed by atoms with Crippen molar-refractivity contribution in [2.24, 2.45) is 5.92 Å². The molecule has 7 nitrogen and oxygen atoms in total. The molecule has 2 aromatic rings. The summed E-state index contributed by atoms with van der Waals surface area (Å²) in [5, 5.41) is 13.1. The smallest absolute Gasteiger partial charge is 0.236 e. The maximum Gasteiger partial charge on any atom is 0.236 e. The summed E-state index contributed by atoms with van der Waals surface area (Å²) in [5.41, 5.74) is 0.806. The molecule has 3 rings (SSSR count). The largest absolute Gasteiger partial charge is 0.365 e. The minimum atomic E-state index is -0.100. The number of nitrogens with one attached hydrogen (secondary N) is 2. The zero-order valence-electron chi connectivity index (χ0n) is 13.3. The normalized spacial score (nSPS) is 21.2. The minimum absolute atomic E-state index is 0.0597. The van der Waals surface area contributed by atoms with Crippen molar-refractivity contribution in [1.29, 1.82) is 5.26 Å². The fourth-order valence-electron chi connectivity index (χ4n) is 3.00. The van der Waals surface area contributed by atoms with E-state index in [0.29, 0.717) is 24.8 Å². The topological polar surface area (TPSA) is 97.7 Å². The molecule has 23 heavy (non-hydrogen) atoms. The average molecular weight is 312 g/mol. The Morgan fingerprint density at radius 3 is 3.17 bits per heavy atom. The van der Waals surface area contributed by atoms with Gasteiger partial charge in [-0.15, -0.1) is 0 Å². The second-order valence-electron chi connectivity index (χ2n) is 6.05. The number of amides is 1. The lowest BCUT2D eigenvalue weighted by Crippen LogP contribution is -2.49. The lowest BCUT2D eigenvalue weighted by molar-refractivity contribution is -0.131. The second kappa shape index (κ2) is 6.24. The summed E-state index contributed by atoms with van der Waals surface area (Å²) in [7, 11) is 0. The van der Waals surface area contributed by atoms with Crippen LogP contribution in [-0.4, -0.2) is 44.9 Å². The number of carbonyl (C=O) groups is 1. The van der Waals surface area contributed by atoms with Gasteiger partial charge in [0.2, 0.25) is 5.91 Å². The number of aryl methyl sites for hydroxylation is 1. The molecule has 3 heterocycles. The number of anilines is 1. The fraction of sp³-hybridized carbons (Fsp3) is 0.500. The van der Waals surface area contributed by atoms with Crippen molar-refractivity contribution in [3.8, 4) is 6.07 Å². The number of H-pyrrole nitrogens is 1. The highest BCUT2D eigenvalue weighted by Gasteiger charge is 2.29. The van der Waals surface area contributed by atoms with Crippen LogP contribution in [-0.2, 0) is 4.79 Å². The zero-order chi connectivity index (χ0) is 16.4. The molecule has 2 aromatic heterocycles. The number of aromatic amines is 1. The molecule has 1 saturated heterocycles. The van der Waals surface area contributed by atoms with E-state index in [1.807, 2.05) is 25.3 Å². The minimum Gasteiger partial charge on any atom is -0.365 e. The molecular weight excluding hydrogens is 292 g/mol. The molecule has 0 saturated carbocycles. The van der Waals surface area contributed by atoms with Crippen molar-refractivity contribution in [3.05, 3.63) is 18.1 Å². The van der Waals surface area contributed by atoms with Crippen molar-refractivity contribution in [2.45, 2.75) is 32.7 Å². The zero-order valence-corrected chi connectivity index (χ0v) is 13.3. The van der Waals surface area contributed by atoms with Crippen LogP contribution in [0.3, 0.4) is 0 Å². The molecule has 7 heteroatoms. The second-order valence-corrected chi connectivity index (χ2v) is 6.05. The summed E-state index contributed by atoms with van der Waals surface area (Å²) in [6, 6.07) is 3.99. The molecule has 2 N–H and O–H groups in total. The van der Waals surface area contributed by atoms with Gasteiger partial charge in [-0.2, -0.15) is 5.26 Å². The van der Waals surface area contributed by atoms with E-state index in [0.717, 1.165) is 23.3 Å². The Morgan fingerprint density at radius 2 is 2.39 bits per heavy atom. The fourth-order valence-corrected chi connectivity index (χ4v) is 3.00. The Hall–Kier alpha value is -2.62. The van der Waals surface area contributed by atoms with Crippen LogP contribution in [0.5, 0.6) is 0 Å². The number of likely N-dealkylation sites (tertiary alicyclic amines) is 1. The molecule has 120 valence electrons. The standard InChI is InChI=1S/C16H20N6O/c1-10-5-8-22(14(23)3-6-17)9-13(10)21-16-12-4-7-18-15(12)19-11(2)20-16/h4,7,10,13H,3,5,8-9H2,1-2H3,(H2,18,19,20,21)/t10-,13+/m1/s1. The molecular formula is C16H20N6O. The Labute approximate surface area is 134 Å². The van der Waals surface area contributed by atoms with E-state index in [4.69, 9.17) is 5.26 Å². The van der Waals surface area contributed by atoms with E-state index in [-0.39, 0.29) is 18.4 Å². The monoisotopic (exact) mass is 312 g/mol. The van der Waals surface area contributed by atoms with Gasteiger partial charge in [0.1, 0.15) is 23.7 Å².